The highest BCUT2D eigenvalue weighted by Gasteiger charge is 2.20. The fraction of sp³-hybridized carbons (Fsp3) is 0.875. The molecule has 0 aliphatic heterocycles. The highest BCUT2D eigenvalue weighted by atomic mass is 16.5. The Hall–Kier alpha value is -1.63. The van der Waals surface area contributed by atoms with E-state index >= 15 is 0 Å². The van der Waals surface area contributed by atoms with Crippen LogP contribution in [-0.2, 0) is 28.6 Å². The number of hydrogen-bond donors (Lipinski definition) is 0. The van der Waals surface area contributed by atoms with Gasteiger partial charge in [0.25, 0.3) is 0 Å². The number of ether oxygens (including phenoxy) is 3. The standard InChI is InChI=1S/C24H45NO6/c1-22(2,3)16-19(26)29-13-10-25(11-14-30-20(27)17-23(4,5)6)12-15-31-21(28)18-24(7,8)9/h10-18H2,1-9H3. The molecule has 7 nitrogen and oxygen atoms in total. The Bertz CT molecular complexity index is 485. The first-order valence-electron chi connectivity index (χ1n) is 11.2. The number of esters is 3. The zero-order valence-electron chi connectivity index (χ0n) is 21.3. The molecule has 0 atom stereocenters. The molecule has 0 amide bonds. The summed E-state index contributed by atoms with van der Waals surface area (Å²) in [4.78, 5) is 37.8. The molecule has 0 N–H and O–H groups in total. The fourth-order valence-corrected chi connectivity index (χ4v) is 2.65. The average molecular weight is 444 g/mol. The molecule has 31 heavy (non-hydrogen) atoms. The van der Waals surface area contributed by atoms with E-state index in [4.69, 9.17) is 14.2 Å². The molecule has 0 rings (SSSR count). The molecule has 0 fully saturated rings. The molecule has 0 aromatic carbocycles. The van der Waals surface area contributed by atoms with Gasteiger partial charge in [0.15, 0.2) is 0 Å². The van der Waals surface area contributed by atoms with E-state index in [1.54, 1.807) is 0 Å². The average Bonchev–Trinajstić information content (AvgIpc) is 2.49. The van der Waals surface area contributed by atoms with Crippen molar-refractivity contribution in [3.05, 3.63) is 0 Å². The van der Waals surface area contributed by atoms with Crippen molar-refractivity contribution >= 4 is 17.9 Å². The molecule has 182 valence electrons. The Balaban J connectivity index is 4.55. The molecule has 7 heteroatoms. The maximum Gasteiger partial charge on any atom is 0.306 e. The molecule has 0 radical (unpaired) electrons. The summed E-state index contributed by atoms with van der Waals surface area (Å²) in [6.07, 6.45) is 1.05. The van der Waals surface area contributed by atoms with Crippen LogP contribution in [0.15, 0.2) is 0 Å². The van der Waals surface area contributed by atoms with Crippen LogP contribution in [0.3, 0.4) is 0 Å². The minimum absolute atomic E-state index is 0.126. The first-order chi connectivity index (χ1) is 14.0. The third-order valence-electron chi connectivity index (χ3n) is 4.04. The SMILES string of the molecule is CC(C)(C)CC(=O)OCCN(CCOC(=O)CC(C)(C)C)CCOC(=O)CC(C)(C)C. The summed E-state index contributed by atoms with van der Waals surface area (Å²) in [5.74, 6) is -0.707. The molecular weight excluding hydrogens is 398 g/mol. The summed E-state index contributed by atoms with van der Waals surface area (Å²) in [7, 11) is 0. The van der Waals surface area contributed by atoms with E-state index in [-0.39, 0.29) is 54.0 Å². The molecule has 0 bridgehead atoms. The van der Waals surface area contributed by atoms with Gasteiger partial charge in [0.05, 0.1) is 19.3 Å². The van der Waals surface area contributed by atoms with Crippen LogP contribution >= 0.6 is 0 Å². The van der Waals surface area contributed by atoms with Crippen LogP contribution < -0.4 is 0 Å². The number of rotatable bonds is 12. The van der Waals surface area contributed by atoms with E-state index in [0.29, 0.717) is 38.9 Å². The normalized spacial score (nSPS) is 12.6. The van der Waals surface area contributed by atoms with Gasteiger partial charge >= 0.3 is 17.9 Å². The van der Waals surface area contributed by atoms with Gasteiger partial charge in [-0.05, 0) is 16.2 Å². The van der Waals surface area contributed by atoms with Gasteiger partial charge in [-0.3, -0.25) is 19.3 Å². The zero-order valence-corrected chi connectivity index (χ0v) is 21.3. The van der Waals surface area contributed by atoms with Crippen molar-refractivity contribution in [3.63, 3.8) is 0 Å². The van der Waals surface area contributed by atoms with Gasteiger partial charge in [0, 0.05) is 19.6 Å². The van der Waals surface area contributed by atoms with Gasteiger partial charge in [-0.2, -0.15) is 0 Å². The molecule has 0 aromatic rings. The smallest absolute Gasteiger partial charge is 0.306 e. The van der Waals surface area contributed by atoms with E-state index < -0.39 is 0 Å². The highest BCUT2D eigenvalue weighted by molar-refractivity contribution is 5.70. The molecule has 0 saturated heterocycles. The van der Waals surface area contributed by atoms with Gasteiger partial charge in [0.1, 0.15) is 19.8 Å². The van der Waals surface area contributed by atoms with Crippen LogP contribution in [0.4, 0.5) is 0 Å². The molecular formula is C24H45NO6. The third kappa shape index (κ3) is 20.0. The summed E-state index contributed by atoms with van der Waals surface area (Å²) in [6, 6.07) is 0. The van der Waals surface area contributed by atoms with Gasteiger partial charge in [-0.15, -0.1) is 0 Å². The Kier molecular flexibility index (Phi) is 12.4. The van der Waals surface area contributed by atoms with Crippen LogP contribution in [0.5, 0.6) is 0 Å². The molecule has 0 aliphatic rings. The fourth-order valence-electron chi connectivity index (χ4n) is 2.65. The maximum absolute atomic E-state index is 11.9. The molecule has 0 spiro atoms. The van der Waals surface area contributed by atoms with E-state index in [1.807, 2.05) is 67.2 Å². The summed E-state index contributed by atoms with van der Waals surface area (Å²) in [6.45, 7) is 20.0. The zero-order chi connectivity index (χ0) is 24.3. The predicted molar refractivity (Wildman–Crippen MR) is 122 cm³/mol. The highest BCUT2D eigenvalue weighted by Crippen LogP contribution is 2.20. The number of carbonyl (C=O) groups excluding carboxylic acids is 3. The minimum Gasteiger partial charge on any atom is -0.464 e. The quantitative estimate of drug-likeness (QED) is 0.330. The lowest BCUT2D eigenvalue weighted by molar-refractivity contribution is -0.146. The molecule has 0 unspecified atom stereocenters. The topological polar surface area (TPSA) is 82.1 Å². The van der Waals surface area contributed by atoms with Crippen molar-refractivity contribution in [2.45, 2.75) is 81.6 Å². The van der Waals surface area contributed by atoms with Crippen LogP contribution in [0.2, 0.25) is 0 Å². The van der Waals surface area contributed by atoms with E-state index in [0.717, 1.165) is 0 Å². The summed E-state index contributed by atoms with van der Waals surface area (Å²) in [5.41, 5.74) is -0.377. The number of hydrogen-bond acceptors (Lipinski definition) is 7. The van der Waals surface area contributed by atoms with E-state index in [1.165, 1.54) is 0 Å². The Labute approximate surface area is 189 Å². The van der Waals surface area contributed by atoms with Gasteiger partial charge in [0.2, 0.25) is 0 Å². The van der Waals surface area contributed by atoms with Crippen molar-refractivity contribution in [3.8, 4) is 0 Å². The van der Waals surface area contributed by atoms with Crippen molar-refractivity contribution in [2.75, 3.05) is 39.5 Å². The number of nitrogens with zero attached hydrogens (tertiary/aromatic N) is 1. The van der Waals surface area contributed by atoms with Crippen LogP contribution in [0.1, 0.15) is 81.6 Å². The second-order valence-electron chi connectivity index (χ2n) is 11.7. The second-order valence-corrected chi connectivity index (χ2v) is 11.7. The van der Waals surface area contributed by atoms with E-state index in [2.05, 4.69) is 0 Å². The first-order valence-corrected chi connectivity index (χ1v) is 11.2. The molecule has 0 saturated carbocycles. The lowest BCUT2D eigenvalue weighted by Crippen LogP contribution is -2.35. The van der Waals surface area contributed by atoms with Crippen molar-refractivity contribution in [1.29, 1.82) is 0 Å². The number of carbonyl (C=O) groups is 3. The first kappa shape index (κ1) is 29.4. The largest absolute Gasteiger partial charge is 0.464 e. The predicted octanol–water partition coefficient (Wildman–Crippen LogP) is 4.23. The lowest BCUT2D eigenvalue weighted by atomic mass is 9.92. The Morgan fingerprint density at radius 1 is 0.516 bits per heavy atom. The van der Waals surface area contributed by atoms with Crippen LogP contribution in [0.25, 0.3) is 0 Å². The van der Waals surface area contributed by atoms with E-state index in [9.17, 15) is 14.4 Å². The summed E-state index contributed by atoms with van der Waals surface area (Å²) in [5, 5.41) is 0. The lowest BCUT2D eigenvalue weighted by Gasteiger charge is -2.23. The Morgan fingerprint density at radius 2 is 0.742 bits per heavy atom. The monoisotopic (exact) mass is 443 g/mol. The van der Waals surface area contributed by atoms with Gasteiger partial charge in [-0.1, -0.05) is 62.3 Å². The summed E-state index contributed by atoms with van der Waals surface area (Å²) < 4.78 is 16.0. The Morgan fingerprint density at radius 3 is 0.935 bits per heavy atom. The van der Waals surface area contributed by atoms with Crippen LogP contribution in [-0.4, -0.2) is 62.3 Å². The summed E-state index contributed by atoms with van der Waals surface area (Å²) >= 11 is 0. The van der Waals surface area contributed by atoms with Crippen molar-refractivity contribution in [2.24, 2.45) is 16.2 Å². The molecule has 0 aromatic heterocycles. The van der Waals surface area contributed by atoms with Gasteiger partial charge < -0.3 is 14.2 Å². The minimum atomic E-state index is -0.236. The third-order valence-corrected chi connectivity index (χ3v) is 4.04. The molecule has 0 heterocycles. The second kappa shape index (κ2) is 13.0. The van der Waals surface area contributed by atoms with Gasteiger partial charge in [-0.25, -0.2) is 0 Å². The van der Waals surface area contributed by atoms with Crippen LogP contribution in [0, 0.1) is 16.2 Å². The molecule has 0 aliphatic carbocycles. The van der Waals surface area contributed by atoms with Crippen molar-refractivity contribution < 1.29 is 28.6 Å². The van der Waals surface area contributed by atoms with Crippen molar-refractivity contribution in [1.82, 2.24) is 4.90 Å². The maximum atomic E-state index is 11.9.